The SMILES string of the molecule is CCOC(=O)c1c(C)nc(C)c2c(=O)oc3ccc(Cl)cc3c12. The van der Waals surface area contributed by atoms with Crippen LogP contribution < -0.4 is 5.63 Å². The van der Waals surface area contributed by atoms with E-state index < -0.39 is 11.6 Å². The average Bonchev–Trinajstić information content (AvgIpc) is 2.47. The Labute approximate surface area is 136 Å². The fraction of sp³-hybridized carbons (Fsp3) is 0.235. The molecule has 0 aliphatic heterocycles. The quantitative estimate of drug-likeness (QED) is 0.406. The summed E-state index contributed by atoms with van der Waals surface area (Å²) in [6.07, 6.45) is 0. The molecular weight excluding hydrogens is 318 g/mol. The number of carbonyl (C=O) groups is 1. The van der Waals surface area contributed by atoms with Crippen molar-refractivity contribution in [2.24, 2.45) is 0 Å². The average molecular weight is 332 g/mol. The van der Waals surface area contributed by atoms with Gasteiger partial charge in [0.15, 0.2) is 0 Å². The molecule has 0 saturated carbocycles. The predicted molar refractivity (Wildman–Crippen MR) is 88.2 cm³/mol. The van der Waals surface area contributed by atoms with Crippen molar-refractivity contribution in [3.05, 3.63) is 50.6 Å². The molecule has 0 N–H and O–H groups in total. The minimum atomic E-state index is -0.537. The Bertz CT molecular complexity index is 1010. The van der Waals surface area contributed by atoms with E-state index in [2.05, 4.69) is 4.98 Å². The zero-order chi connectivity index (χ0) is 16.7. The number of ether oxygens (including phenoxy) is 1. The minimum Gasteiger partial charge on any atom is -0.462 e. The topological polar surface area (TPSA) is 69.4 Å². The molecule has 0 saturated heterocycles. The Balaban J connectivity index is 2.61. The molecule has 0 atom stereocenters. The molecule has 0 aliphatic carbocycles. The second-order valence-corrected chi connectivity index (χ2v) is 5.59. The Morgan fingerprint density at radius 2 is 2.00 bits per heavy atom. The Kier molecular flexibility index (Phi) is 3.82. The Hall–Kier alpha value is -2.40. The van der Waals surface area contributed by atoms with Gasteiger partial charge in [0.1, 0.15) is 5.58 Å². The summed E-state index contributed by atoms with van der Waals surface area (Å²) < 4.78 is 10.5. The van der Waals surface area contributed by atoms with Gasteiger partial charge in [0, 0.05) is 15.8 Å². The molecule has 5 nitrogen and oxygen atoms in total. The zero-order valence-electron chi connectivity index (χ0n) is 12.9. The number of benzene rings is 1. The summed E-state index contributed by atoms with van der Waals surface area (Å²) in [6, 6.07) is 4.91. The normalized spacial score (nSPS) is 11.1. The lowest BCUT2D eigenvalue weighted by Crippen LogP contribution is -2.13. The number of fused-ring (bicyclic) bond motifs is 3. The molecule has 0 fully saturated rings. The standard InChI is InChI=1S/C17H14ClNO4/c1-4-22-16(20)13-8(2)19-9(3)14-15(13)11-7-10(18)5-6-12(11)23-17(14)21/h5-7H,4H2,1-3H3. The lowest BCUT2D eigenvalue weighted by atomic mass is 10.00. The van der Waals surface area contributed by atoms with E-state index in [-0.39, 0.29) is 17.6 Å². The molecule has 6 heteroatoms. The van der Waals surface area contributed by atoms with Gasteiger partial charge >= 0.3 is 11.6 Å². The summed E-state index contributed by atoms with van der Waals surface area (Å²) in [6.45, 7) is 5.37. The number of nitrogens with zero attached hydrogens (tertiary/aromatic N) is 1. The van der Waals surface area contributed by atoms with E-state index >= 15 is 0 Å². The van der Waals surface area contributed by atoms with E-state index in [1.807, 2.05) is 0 Å². The number of esters is 1. The number of aromatic nitrogens is 1. The number of hydrogen-bond donors (Lipinski definition) is 0. The molecule has 23 heavy (non-hydrogen) atoms. The summed E-state index contributed by atoms with van der Waals surface area (Å²) in [5.41, 5.74) is 1.10. The van der Waals surface area contributed by atoms with Gasteiger partial charge in [-0.25, -0.2) is 9.59 Å². The molecule has 0 amide bonds. The zero-order valence-corrected chi connectivity index (χ0v) is 13.7. The van der Waals surface area contributed by atoms with Gasteiger partial charge in [0.25, 0.3) is 0 Å². The predicted octanol–water partition coefficient (Wildman–Crippen LogP) is 3.79. The van der Waals surface area contributed by atoms with E-state index in [0.717, 1.165) is 0 Å². The maximum absolute atomic E-state index is 12.4. The van der Waals surface area contributed by atoms with E-state index in [4.69, 9.17) is 20.8 Å². The van der Waals surface area contributed by atoms with Crippen LogP contribution in [-0.4, -0.2) is 17.6 Å². The molecule has 2 aromatic heterocycles. The van der Waals surface area contributed by atoms with Crippen LogP contribution in [0.4, 0.5) is 0 Å². The van der Waals surface area contributed by atoms with Gasteiger partial charge in [-0.2, -0.15) is 0 Å². The summed E-state index contributed by atoms with van der Waals surface area (Å²) in [4.78, 5) is 29.1. The first-order valence-corrected chi connectivity index (χ1v) is 7.52. The van der Waals surface area contributed by atoms with Gasteiger partial charge < -0.3 is 9.15 Å². The van der Waals surface area contributed by atoms with Crippen LogP contribution in [0.1, 0.15) is 28.7 Å². The molecule has 3 aromatic rings. The number of hydrogen-bond acceptors (Lipinski definition) is 5. The molecular formula is C17H14ClNO4. The molecule has 2 heterocycles. The third-order valence-corrected chi connectivity index (χ3v) is 3.89. The fourth-order valence-corrected chi connectivity index (χ4v) is 2.93. The van der Waals surface area contributed by atoms with Gasteiger partial charge in [0.2, 0.25) is 0 Å². The highest BCUT2D eigenvalue weighted by Crippen LogP contribution is 2.31. The number of halogens is 1. The highest BCUT2D eigenvalue weighted by Gasteiger charge is 2.22. The lowest BCUT2D eigenvalue weighted by molar-refractivity contribution is 0.0527. The van der Waals surface area contributed by atoms with E-state index in [1.165, 1.54) is 0 Å². The van der Waals surface area contributed by atoms with Crippen molar-refractivity contribution in [1.82, 2.24) is 4.98 Å². The van der Waals surface area contributed by atoms with E-state index in [0.29, 0.717) is 32.8 Å². The molecule has 0 spiro atoms. The summed E-state index contributed by atoms with van der Waals surface area (Å²) in [5, 5.41) is 1.81. The second kappa shape index (κ2) is 5.66. The van der Waals surface area contributed by atoms with Gasteiger partial charge in [-0.1, -0.05) is 11.6 Å². The largest absolute Gasteiger partial charge is 0.462 e. The minimum absolute atomic E-state index is 0.230. The van der Waals surface area contributed by atoms with Crippen molar-refractivity contribution in [3.63, 3.8) is 0 Å². The van der Waals surface area contributed by atoms with Crippen molar-refractivity contribution in [1.29, 1.82) is 0 Å². The summed E-state index contributed by atoms with van der Waals surface area (Å²) in [5.74, 6) is -0.519. The molecule has 1 aromatic carbocycles. The van der Waals surface area contributed by atoms with Gasteiger partial charge in [0.05, 0.1) is 28.9 Å². The smallest absolute Gasteiger partial charge is 0.346 e. The molecule has 0 radical (unpaired) electrons. The number of carbonyl (C=O) groups excluding carboxylic acids is 1. The van der Waals surface area contributed by atoms with Crippen LogP contribution in [0.15, 0.2) is 27.4 Å². The van der Waals surface area contributed by atoms with Crippen LogP contribution in [0.3, 0.4) is 0 Å². The van der Waals surface area contributed by atoms with Crippen molar-refractivity contribution in [2.45, 2.75) is 20.8 Å². The van der Waals surface area contributed by atoms with Gasteiger partial charge in [-0.05, 0) is 39.0 Å². The third-order valence-electron chi connectivity index (χ3n) is 3.66. The highest BCUT2D eigenvalue weighted by molar-refractivity contribution is 6.32. The maximum atomic E-state index is 12.4. The number of rotatable bonds is 2. The number of pyridine rings is 1. The van der Waals surface area contributed by atoms with Gasteiger partial charge in [-0.3, -0.25) is 4.98 Å². The first-order chi connectivity index (χ1) is 10.9. The lowest BCUT2D eigenvalue weighted by Gasteiger charge is -2.12. The number of aryl methyl sites for hydroxylation is 2. The van der Waals surface area contributed by atoms with Crippen molar-refractivity contribution in [3.8, 4) is 0 Å². The molecule has 3 rings (SSSR count). The van der Waals surface area contributed by atoms with Crippen LogP contribution in [-0.2, 0) is 4.74 Å². The first-order valence-electron chi connectivity index (χ1n) is 7.14. The molecule has 0 bridgehead atoms. The Morgan fingerprint density at radius 3 is 2.70 bits per heavy atom. The van der Waals surface area contributed by atoms with E-state index in [1.54, 1.807) is 39.0 Å². The van der Waals surface area contributed by atoms with Crippen LogP contribution in [0, 0.1) is 13.8 Å². The van der Waals surface area contributed by atoms with Crippen molar-refractivity contribution < 1.29 is 13.9 Å². The van der Waals surface area contributed by atoms with Crippen LogP contribution in [0.2, 0.25) is 5.02 Å². The summed E-state index contributed by atoms with van der Waals surface area (Å²) >= 11 is 6.08. The van der Waals surface area contributed by atoms with Crippen molar-refractivity contribution >= 4 is 39.3 Å². The maximum Gasteiger partial charge on any atom is 0.346 e. The monoisotopic (exact) mass is 331 g/mol. The van der Waals surface area contributed by atoms with Crippen LogP contribution in [0.5, 0.6) is 0 Å². The fourth-order valence-electron chi connectivity index (χ4n) is 2.76. The van der Waals surface area contributed by atoms with Crippen LogP contribution in [0.25, 0.3) is 21.7 Å². The second-order valence-electron chi connectivity index (χ2n) is 5.16. The molecule has 0 unspecified atom stereocenters. The summed E-state index contributed by atoms with van der Waals surface area (Å²) in [7, 11) is 0. The van der Waals surface area contributed by atoms with Gasteiger partial charge in [-0.15, -0.1) is 0 Å². The Morgan fingerprint density at radius 1 is 1.26 bits per heavy atom. The van der Waals surface area contributed by atoms with E-state index in [9.17, 15) is 9.59 Å². The van der Waals surface area contributed by atoms with Crippen molar-refractivity contribution in [2.75, 3.05) is 6.61 Å². The first kappa shape index (κ1) is 15.5. The molecule has 118 valence electrons. The molecule has 0 aliphatic rings. The highest BCUT2D eigenvalue weighted by atomic mass is 35.5. The third kappa shape index (κ3) is 2.47. The van der Waals surface area contributed by atoms with Crippen LogP contribution >= 0.6 is 11.6 Å².